The number of nitrogens with one attached hydrogen (secondary N) is 1. The molecule has 0 saturated heterocycles. The molecule has 1 amide bonds. The monoisotopic (exact) mass is 418 g/mol. The average molecular weight is 418 g/mol. The molecule has 28 heavy (non-hydrogen) atoms. The Morgan fingerprint density at radius 3 is 2.14 bits per heavy atom. The van der Waals surface area contributed by atoms with Gasteiger partial charge in [-0.3, -0.25) is 4.79 Å². The number of halogens is 4. The minimum atomic E-state index is -4.92. The van der Waals surface area contributed by atoms with Crippen LogP contribution < -0.4 is 5.32 Å². The van der Waals surface area contributed by atoms with Crippen LogP contribution in [0.3, 0.4) is 0 Å². The lowest BCUT2D eigenvalue weighted by Gasteiger charge is -2.17. The summed E-state index contributed by atoms with van der Waals surface area (Å²) < 4.78 is 76.9. The van der Waals surface area contributed by atoms with Crippen molar-refractivity contribution in [2.24, 2.45) is 0 Å². The molecule has 1 unspecified atom stereocenters. The largest absolute Gasteiger partial charge is 0.419 e. The lowest BCUT2D eigenvalue weighted by Crippen LogP contribution is -2.27. The summed E-state index contributed by atoms with van der Waals surface area (Å²) >= 11 is 0. The van der Waals surface area contributed by atoms with Gasteiger partial charge in [-0.2, -0.15) is 13.2 Å². The van der Waals surface area contributed by atoms with Crippen LogP contribution >= 0.6 is 0 Å². The van der Waals surface area contributed by atoms with Gasteiger partial charge in [0.25, 0.3) is 5.91 Å². The molecule has 0 heterocycles. The van der Waals surface area contributed by atoms with Crippen molar-refractivity contribution in [1.29, 1.82) is 0 Å². The van der Waals surface area contributed by atoms with E-state index in [-0.39, 0.29) is 10.5 Å². The highest BCUT2D eigenvalue weighted by atomic mass is 32.2. The molecular formula is C18H18F4N2O3S. The van der Waals surface area contributed by atoms with Crippen LogP contribution in [0.4, 0.5) is 17.6 Å². The number of hydrogen-bond donors (Lipinski definition) is 1. The lowest BCUT2D eigenvalue weighted by molar-refractivity contribution is -0.140. The maximum absolute atomic E-state index is 13.3. The van der Waals surface area contributed by atoms with Crippen molar-refractivity contribution in [2.45, 2.75) is 24.0 Å². The van der Waals surface area contributed by atoms with Crippen LogP contribution in [-0.4, -0.2) is 32.7 Å². The SMILES string of the molecule is CC(NC(=O)c1ccc(F)c(C(F)(F)F)c1)c1ccc(S(=O)(=O)N(C)C)cc1. The van der Waals surface area contributed by atoms with E-state index in [1.807, 2.05) is 0 Å². The van der Waals surface area contributed by atoms with Gasteiger partial charge in [0, 0.05) is 19.7 Å². The van der Waals surface area contributed by atoms with Crippen molar-refractivity contribution >= 4 is 15.9 Å². The fraction of sp³-hybridized carbons (Fsp3) is 0.278. The third kappa shape index (κ3) is 4.68. The van der Waals surface area contributed by atoms with E-state index in [1.165, 1.54) is 38.4 Å². The molecule has 2 rings (SSSR count). The molecule has 0 spiro atoms. The summed E-state index contributed by atoms with van der Waals surface area (Å²) in [6, 6.07) is 7.09. The summed E-state index contributed by atoms with van der Waals surface area (Å²) in [5, 5.41) is 2.50. The molecule has 0 bridgehead atoms. The van der Waals surface area contributed by atoms with Crippen molar-refractivity contribution in [3.05, 3.63) is 65.0 Å². The van der Waals surface area contributed by atoms with Crippen LogP contribution in [0.5, 0.6) is 0 Å². The summed E-state index contributed by atoms with van der Waals surface area (Å²) in [4.78, 5) is 12.3. The summed E-state index contributed by atoms with van der Waals surface area (Å²) in [7, 11) is -0.819. The fourth-order valence-corrected chi connectivity index (χ4v) is 3.29. The molecule has 2 aromatic carbocycles. The molecule has 0 aliphatic carbocycles. The van der Waals surface area contributed by atoms with Gasteiger partial charge in [0.1, 0.15) is 5.82 Å². The first-order valence-corrected chi connectivity index (χ1v) is 9.48. The van der Waals surface area contributed by atoms with Gasteiger partial charge >= 0.3 is 6.18 Å². The van der Waals surface area contributed by atoms with Crippen LogP contribution in [0.1, 0.15) is 34.5 Å². The molecule has 0 fully saturated rings. The first-order valence-electron chi connectivity index (χ1n) is 8.04. The standard InChI is InChI=1S/C18H18F4N2O3S/c1-11(12-4-7-14(8-5-12)28(26,27)24(2)3)23-17(25)13-6-9-16(19)15(10-13)18(20,21)22/h4-11H,1-3H3,(H,23,25). The number of benzene rings is 2. The first-order chi connectivity index (χ1) is 12.8. The van der Waals surface area contributed by atoms with E-state index in [4.69, 9.17) is 0 Å². The topological polar surface area (TPSA) is 66.5 Å². The smallest absolute Gasteiger partial charge is 0.346 e. The predicted octanol–water partition coefficient (Wildman–Crippen LogP) is 3.59. The summed E-state index contributed by atoms with van der Waals surface area (Å²) in [6.07, 6.45) is -4.92. The number of amides is 1. The third-order valence-electron chi connectivity index (χ3n) is 4.04. The van der Waals surface area contributed by atoms with E-state index < -0.39 is 39.5 Å². The molecule has 0 aliphatic heterocycles. The summed E-state index contributed by atoms with van der Waals surface area (Å²) in [5.41, 5.74) is -1.32. The molecule has 0 aliphatic rings. The normalized spacial score (nSPS) is 13.4. The highest BCUT2D eigenvalue weighted by molar-refractivity contribution is 7.89. The lowest BCUT2D eigenvalue weighted by atomic mass is 10.1. The summed E-state index contributed by atoms with van der Waals surface area (Å²) in [5.74, 6) is -2.28. The van der Waals surface area contributed by atoms with Gasteiger partial charge < -0.3 is 5.32 Å². The highest BCUT2D eigenvalue weighted by Gasteiger charge is 2.34. The third-order valence-corrected chi connectivity index (χ3v) is 5.87. The Morgan fingerprint density at radius 1 is 1.07 bits per heavy atom. The molecule has 1 atom stereocenters. The molecule has 0 aromatic heterocycles. The molecule has 0 radical (unpaired) electrons. The Bertz CT molecular complexity index is 971. The minimum absolute atomic E-state index is 0.0631. The van der Waals surface area contributed by atoms with E-state index in [2.05, 4.69) is 5.32 Å². The van der Waals surface area contributed by atoms with Gasteiger partial charge in [0.15, 0.2) is 0 Å². The number of hydrogen-bond acceptors (Lipinski definition) is 3. The number of nitrogens with zero attached hydrogens (tertiary/aromatic N) is 1. The van der Waals surface area contributed by atoms with E-state index in [0.29, 0.717) is 17.7 Å². The second-order valence-electron chi connectivity index (χ2n) is 6.24. The maximum Gasteiger partial charge on any atom is 0.419 e. The first kappa shape index (κ1) is 21.8. The zero-order valence-corrected chi connectivity index (χ0v) is 16.0. The van der Waals surface area contributed by atoms with Gasteiger partial charge in [-0.25, -0.2) is 17.1 Å². The second kappa shape index (κ2) is 7.88. The molecule has 5 nitrogen and oxygen atoms in total. The van der Waals surface area contributed by atoms with Crippen molar-refractivity contribution in [1.82, 2.24) is 9.62 Å². The van der Waals surface area contributed by atoms with Gasteiger partial charge in [0.2, 0.25) is 10.0 Å². The van der Waals surface area contributed by atoms with E-state index in [1.54, 1.807) is 6.92 Å². The molecule has 152 valence electrons. The molecule has 10 heteroatoms. The molecular weight excluding hydrogens is 400 g/mol. The molecule has 2 aromatic rings. The van der Waals surface area contributed by atoms with Crippen LogP contribution in [0.2, 0.25) is 0 Å². The van der Waals surface area contributed by atoms with Crippen LogP contribution in [0, 0.1) is 5.82 Å². The zero-order chi connectivity index (χ0) is 21.3. The Hall–Kier alpha value is -2.46. The fourth-order valence-electron chi connectivity index (χ4n) is 2.39. The number of carbonyl (C=O) groups is 1. The van der Waals surface area contributed by atoms with Crippen LogP contribution in [-0.2, 0) is 16.2 Å². The Morgan fingerprint density at radius 2 is 1.64 bits per heavy atom. The Kier molecular flexibility index (Phi) is 6.15. The number of rotatable bonds is 5. The van der Waals surface area contributed by atoms with Crippen molar-refractivity contribution in [2.75, 3.05) is 14.1 Å². The van der Waals surface area contributed by atoms with Crippen LogP contribution in [0.25, 0.3) is 0 Å². The van der Waals surface area contributed by atoms with E-state index in [0.717, 1.165) is 10.4 Å². The second-order valence-corrected chi connectivity index (χ2v) is 8.40. The van der Waals surface area contributed by atoms with Crippen molar-refractivity contribution < 1.29 is 30.8 Å². The van der Waals surface area contributed by atoms with Crippen LogP contribution in [0.15, 0.2) is 47.4 Å². The van der Waals surface area contributed by atoms with E-state index >= 15 is 0 Å². The highest BCUT2D eigenvalue weighted by Crippen LogP contribution is 2.32. The number of sulfonamides is 1. The average Bonchev–Trinajstić information content (AvgIpc) is 2.60. The minimum Gasteiger partial charge on any atom is -0.346 e. The predicted molar refractivity (Wildman–Crippen MR) is 94.6 cm³/mol. The van der Waals surface area contributed by atoms with Crippen molar-refractivity contribution in [3.63, 3.8) is 0 Å². The van der Waals surface area contributed by atoms with E-state index in [9.17, 15) is 30.8 Å². The van der Waals surface area contributed by atoms with Gasteiger partial charge in [-0.05, 0) is 42.8 Å². The number of carbonyl (C=O) groups excluding carboxylic acids is 1. The van der Waals surface area contributed by atoms with Gasteiger partial charge in [0.05, 0.1) is 16.5 Å². The Balaban J connectivity index is 2.19. The quantitative estimate of drug-likeness (QED) is 0.755. The Labute approximate surface area is 160 Å². The van der Waals surface area contributed by atoms with Gasteiger partial charge in [-0.15, -0.1) is 0 Å². The number of alkyl halides is 3. The summed E-state index contributed by atoms with van der Waals surface area (Å²) in [6.45, 7) is 1.58. The zero-order valence-electron chi connectivity index (χ0n) is 15.2. The van der Waals surface area contributed by atoms with Gasteiger partial charge in [-0.1, -0.05) is 12.1 Å². The maximum atomic E-state index is 13.3. The molecule has 1 N–H and O–H groups in total. The molecule has 0 saturated carbocycles. The van der Waals surface area contributed by atoms with Crippen molar-refractivity contribution in [3.8, 4) is 0 Å².